The summed E-state index contributed by atoms with van der Waals surface area (Å²) in [5, 5.41) is 20.8. The highest BCUT2D eigenvalue weighted by molar-refractivity contribution is 5.86. The molecular formula is C35H48N2O10. The van der Waals surface area contributed by atoms with E-state index in [0.717, 1.165) is 6.42 Å². The second-order valence-corrected chi connectivity index (χ2v) is 13.6. The van der Waals surface area contributed by atoms with Gasteiger partial charge in [0.1, 0.15) is 23.9 Å². The van der Waals surface area contributed by atoms with Crippen LogP contribution in [0.4, 0.5) is 0 Å². The van der Waals surface area contributed by atoms with Gasteiger partial charge in [0.25, 0.3) is 0 Å². The molecule has 0 saturated carbocycles. The van der Waals surface area contributed by atoms with E-state index in [1.165, 1.54) is 18.6 Å². The Morgan fingerprint density at radius 3 is 2.66 bits per heavy atom. The molecule has 1 saturated heterocycles. The van der Waals surface area contributed by atoms with Crippen molar-refractivity contribution in [2.45, 2.75) is 89.6 Å². The molecular weight excluding hydrogens is 608 g/mol. The summed E-state index contributed by atoms with van der Waals surface area (Å²) in [5.41, 5.74) is 1.43. The molecule has 1 aromatic heterocycles. The van der Waals surface area contributed by atoms with Gasteiger partial charge in [-0.2, -0.15) is 0 Å². The van der Waals surface area contributed by atoms with Gasteiger partial charge in [-0.15, -0.1) is 0 Å². The van der Waals surface area contributed by atoms with Crippen LogP contribution in [-0.4, -0.2) is 94.1 Å². The van der Waals surface area contributed by atoms with Gasteiger partial charge in [-0.1, -0.05) is 31.6 Å². The van der Waals surface area contributed by atoms with Crippen molar-refractivity contribution >= 4 is 18.0 Å². The third-order valence-corrected chi connectivity index (χ3v) is 9.88. The number of methoxy groups -OCH3 is 1. The summed E-state index contributed by atoms with van der Waals surface area (Å²) in [6.07, 6.45) is 10.3. The molecule has 0 radical (unpaired) electrons. The fourth-order valence-electron chi connectivity index (χ4n) is 7.17. The van der Waals surface area contributed by atoms with Crippen LogP contribution in [0.1, 0.15) is 53.2 Å². The topological polar surface area (TPSA) is 148 Å². The van der Waals surface area contributed by atoms with Gasteiger partial charge >= 0.3 is 11.9 Å². The number of esters is 2. The zero-order chi connectivity index (χ0) is 34.1. The predicted molar refractivity (Wildman–Crippen MR) is 170 cm³/mol. The molecule has 10 atom stereocenters. The third kappa shape index (κ3) is 7.48. The smallest absolute Gasteiger partial charge is 0.331 e. The molecule has 258 valence electrons. The van der Waals surface area contributed by atoms with Crippen molar-refractivity contribution in [1.82, 2.24) is 9.55 Å². The van der Waals surface area contributed by atoms with Crippen LogP contribution in [0.25, 0.3) is 6.08 Å². The SMILES string of the molecule is CO[C@]12C=C[C@](C)(O1)[C@H](OC(=O)C=Cc1cn(C)cn1)C[C@H]1C(C)=CC[C@H](C(C)C)[C@H]1C=C2CO[C@@H]1OC[C@@H](O)[C@@H](O)[C@@H]1OC(C)=O. The molecule has 1 aliphatic carbocycles. The van der Waals surface area contributed by atoms with E-state index in [9.17, 15) is 19.8 Å². The van der Waals surface area contributed by atoms with E-state index in [4.69, 9.17) is 28.4 Å². The van der Waals surface area contributed by atoms with E-state index in [2.05, 4.69) is 37.9 Å². The predicted octanol–water partition coefficient (Wildman–Crippen LogP) is 3.24. The number of aliphatic hydroxyl groups excluding tert-OH is 2. The quantitative estimate of drug-likeness (QED) is 0.229. The first-order valence-corrected chi connectivity index (χ1v) is 16.2. The van der Waals surface area contributed by atoms with Crippen LogP contribution in [0.15, 0.2) is 54.1 Å². The molecule has 3 aliphatic heterocycles. The number of nitrogens with zero attached hydrogens (tertiary/aromatic N) is 2. The number of fused-ring (bicyclic) bond motifs is 3. The van der Waals surface area contributed by atoms with Crippen molar-refractivity contribution in [3.8, 4) is 0 Å². The summed E-state index contributed by atoms with van der Waals surface area (Å²) in [4.78, 5) is 29.4. The Morgan fingerprint density at radius 1 is 1.23 bits per heavy atom. The number of allylic oxidation sites excluding steroid dienone is 3. The van der Waals surface area contributed by atoms with Crippen molar-refractivity contribution < 1.29 is 48.2 Å². The Bertz CT molecular complexity index is 1430. The summed E-state index contributed by atoms with van der Waals surface area (Å²) in [7, 11) is 3.40. The number of carbonyl (C=O) groups excluding carboxylic acids is 2. The minimum absolute atomic E-state index is 0.0137. The zero-order valence-corrected chi connectivity index (χ0v) is 28.2. The van der Waals surface area contributed by atoms with E-state index < -0.39 is 54.0 Å². The zero-order valence-electron chi connectivity index (χ0n) is 28.2. The van der Waals surface area contributed by atoms with E-state index in [1.807, 2.05) is 26.1 Å². The number of rotatable bonds is 9. The van der Waals surface area contributed by atoms with Crippen LogP contribution >= 0.6 is 0 Å². The molecule has 47 heavy (non-hydrogen) atoms. The average Bonchev–Trinajstić information content (AvgIpc) is 3.61. The molecule has 12 nitrogen and oxygen atoms in total. The summed E-state index contributed by atoms with van der Waals surface area (Å²) < 4.78 is 38.1. The summed E-state index contributed by atoms with van der Waals surface area (Å²) in [6.45, 7) is 9.36. The highest BCUT2D eigenvalue weighted by Crippen LogP contribution is 2.49. The van der Waals surface area contributed by atoms with Gasteiger partial charge in [-0.25, -0.2) is 9.78 Å². The molecule has 4 aliphatic rings. The lowest BCUT2D eigenvalue weighted by atomic mass is 9.65. The van der Waals surface area contributed by atoms with Crippen molar-refractivity contribution in [1.29, 1.82) is 0 Å². The number of aromatic nitrogens is 2. The molecule has 12 heteroatoms. The molecule has 2 N–H and O–H groups in total. The third-order valence-electron chi connectivity index (χ3n) is 9.88. The van der Waals surface area contributed by atoms with Gasteiger partial charge < -0.3 is 43.2 Å². The second kappa shape index (κ2) is 14.2. The lowest BCUT2D eigenvalue weighted by Gasteiger charge is -2.41. The standard InChI is InChI=1S/C35H48N2O10/c1-20(2)25-10-8-21(3)26-15-29(46-30(40)11-9-24-16-37(6)19-36-24)34(5)12-13-35(42-7,47-34)23(14-27(25)26)17-43-33-32(45-22(4)38)31(41)28(39)18-44-33/h8-9,11-14,16,19-20,25-29,31-33,39,41H,10,15,17-18H2,1-7H3/t25-,26+,27-,28-,29-,31-,32+,33-,34+,35-/m1/s1. The Kier molecular flexibility index (Phi) is 10.6. The van der Waals surface area contributed by atoms with Gasteiger partial charge in [0.2, 0.25) is 5.79 Å². The highest BCUT2D eigenvalue weighted by Gasteiger charge is 2.54. The number of ether oxygens (including phenoxy) is 6. The van der Waals surface area contributed by atoms with Gasteiger partial charge in [0, 0.05) is 38.9 Å². The van der Waals surface area contributed by atoms with Crippen LogP contribution in [0.3, 0.4) is 0 Å². The number of imidazole rings is 1. The molecule has 4 heterocycles. The number of aliphatic hydroxyl groups is 2. The molecule has 2 bridgehead atoms. The fourth-order valence-corrected chi connectivity index (χ4v) is 7.17. The van der Waals surface area contributed by atoms with Crippen molar-refractivity contribution in [3.63, 3.8) is 0 Å². The first-order valence-electron chi connectivity index (χ1n) is 16.2. The maximum atomic E-state index is 13.3. The first kappa shape index (κ1) is 35.2. The van der Waals surface area contributed by atoms with E-state index in [0.29, 0.717) is 23.6 Å². The first-order chi connectivity index (χ1) is 22.2. The normalized spacial score (nSPS) is 37.1. The van der Waals surface area contributed by atoms with Gasteiger partial charge in [-0.05, 0) is 68.6 Å². The minimum Gasteiger partial charge on any atom is -0.456 e. The molecule has 0 amide bonds. The van der Waals surface area contributed by atoms with Crippen molar-refractivity contribution in [3.05, 3.63) is 59.7 Å². The van der Waals surface area contributed by atoms with E-state index >= 15 is 0 Å². The molecule has 1 aromatic rings. The minimum atomic E-state index is -1.39. The summed E-state index contributed by atoms with van der Waals surface area (Å²) in [5.74, 6) is -1.90. The lowest BCUT2D eigenvalue weighted by Crippen LogP contribution is -2.55. The van der Waals surface area contributed by atoms with Gasteiger partial charge in [0.15, 0.2) is 12.4 Å². The Labute approximate surface area is 276 Å². The van der Waals surface area contributed by atoms with Crippen LogP contribution in [-0.2, 0) is 45.1 Å². The van der Waals surface area contributed by atoms with E-state index in [-0.39, 0.29) is 31.0 Å². The number of aryl methyl sites for hydroxylation is 1. The molecule has 0 spiro atoms. The van der Waals surface area contributed by atoms with Crippen LogP contribution < -0.4 is 0 Å². The molecule has 0 aromatic carbocycles. The molecule has 0 unspecified atom stereocenters. The molecule has 5 rings (SSSR count). The largest absolute Gasteiger partial charge is 0.456 e. The van der Waals surface area contributed by atoms with E-state index in [1.54, 1.807) is 30.3 Å². The highest BCUT2D eigenvalue weighted by atomic mass is 16.7. The fraction of sp³-hybridized carbons (Fsp3) is 0.629. The molecule has 1 fully saturated rings. The second-order valence-electron chi connectivity index (χ2n) is 13.6. The Morgan fingerprint density at radius 2 is 2.00 bits per heavy atom. The Hall–Kier alpha value is -3.13. The number of carbonyl (C=O) groups is 2. The van der Waals surface area contributed by atoms with Crippen molar-refractivity contribution in [2.75, 3.05) is 20.3 Å². The number of hydrogen-bond donors (Lipinski definition) is 2. The van der Waals surface area contributed by atoms with Crippen LogP contribution in [0, 0.1) is 23.7 Å². The van der Waals surface area contributed by atoms with Crippen LogP contribution in [0.5, 0.6) is 0 Å². The average molecular weight is 657 g/mol. The monoisotopic (exact) mass is 656 g/mol. The Balaban J connectivity index is 1.49. The summed E-state index contributed by atoms with van der Waals surface area (Å²) >= 11 is 0. The van der Waals surface area contributed by atoms with Crippen LogP contribution in [0.2, 0.25) is 0 Å². The summed E-state index contributed by atoms with van der Waals surface area (Å²) in [6, 6.07) is 0. The maximum Gasteiger partial charge on any atom is 0.331 e. The number of hydrogen-bond acceptors (Lipinski definition) is 11. The van der Waals surface area contributed by atoms with Gasteiger partial charge in [-0.3, -0.25) is 4.79 Å². The van der Waals surface area contributed by atoms with Gasteiger partial charge in [0.05, 0.1) is 25.2 Å². The maximum absolute atomic E-state index is 13.3. The lowest BCUT2D eigenvalue weighted by molar-refractivity contribution is -0.277. The van der Waals surface area contributed by atoms with Crippen molar-refractivity contribution in [2.24, 2.45) is 30.7 Å².